The quantitative estimate of drug-likeness (QED) is 0.627. The topological polar surface area (TPSA) is 43.1 Å². The van der Waals surface area contributed by atoms with Gasteiger partial charge in [0.15, 0.2) is 5.76 Å². The molecule has 0 aliphatic rings. The van der Waals surface area contributed by atoms with Crippen LogP contribution in [0.1, 0.15) is 16.1 Å². The molecule has 3 aromatic rings. The number of rotatable bonds is 2. The molecule has 0 aliphatic heterocycles. The van der Waals surface area contributed by atoms with E-state index in [1.807, 2.05) is 24.3 Å². The SMILES string of the molecule is O=C(c1ccco1)c1cncc2ccccc12. The van der Waals surface area contributed by atoms with Gasteiger partial charge in [0.2, 0.25) is 5.78 Å². The van der Waals surface area contributed by atoms with Gasteiger partial charge < -0.3 is 4.42 Å². The number of nitrogens with zero attached hydrogens (tertiary/aromatic N) is 1. The summed E-state index contributed by atoms with van der Waals surface area (Å²) in [7, 11) is 0. The minimum Gasteiger partial charge on any atom is -0.461 e. The second-order valence-corrected chi connectivity index (χ2v) is 3.71. The van der Waals surface area contributed by atoms with Gasteiger partial charge in [-0.3, -0.25) is 9.78 Å². The van der Waals surface area contributed by atoms with Crippen LogP contribution in [0.4, 0.5) is 0 Å². The Morgan fingerprint density at radius 2 is 1.94 bits per heavy atom. The Kier molecular flexibility index (Phi) is 2.22. The number of pyridine rings is 1. The highest BCUT2D eigenvalue weighted by Crippen LogP contribution is 2.20. The summed E-state index contributed by atoms with van der Waals surface area (Å²) in [6, 6.07) is 11.0. The highest BCUT2D eigenvalue weighted by atomic mass is 16.3. The maximum absolute atomic E-state index is 12.2. The van der Waals surface area contributed by atoms with Crippen LogP contribution in [-0.2, 0) is 0 Å². The molecule has 0 aliphatic carbocycles. The lowest BCUT2D eigenvalue weighted by Gasteiger charge is -2.02. The smallest absolute Gasteiger partial charge is 0.230 e. The summed E-state index contributed by atoms with van der Waals surface area (Å²) in [5, 5.41) is 1.84. The third kappa shape index (κ3) is 1.61. The Morgan fingerprint density at radius 3 is 2.76 bits per heavy atom. The van der Waals surface area contributed by atoms with Crippen LogP contribution in [0.15, 0.2) is 59.5 Å². The number of hydrogen-bond acceptors (Lipinski definition) is 3. The highest BCUT2D eigenvalue weighted by Gasteiger charge is 2.14. The van der Waals surface area contributed by atoms with E-state index in [1.165, 1.54) is 6.26 Å². The van der Waals surface area contributed by atoms with Gasteiger partial charge in [-0.15, -0.1) is 0 Å². The van der Waals surface area contributed by atoms with Crippen LogP contribution in [0.3, 0.4) is 0 Å². The molecule has 3 rings (SSSR count). The number of ketones is 1. The first-order chi connectivity index (χ1) is 8.36. The molecule has 0 atom stereocenters. The number of fused-ring (bicyclic) bond motifs is 1. The molecule has 0 amide bonds. The Hall–Kier alpha value is -2.42. The van der Waals surface area contributed by atoms with Gasteiger partial charge >= 0.3 is 0 Å². The van der Waals surface area contributed by atoms with Gasteiger partial charge in [0, 0.05) is 17.8 Å². The van der Waals surface area contributed by atoms with E-state index in [-0.39, 0.29) is 5.78 Å². The Labute approximate surface area is 97.7 Å². The summed E-state index contributed by atoms with van der Waals surface area (Å²) in [4.78, 5) is 16.3. The van der Waals surface area contributed by atoms with Crippen molar-refractivity contribution in [2.75, 3.05) is 0 Å². The number of furan rings is 1. The van der Waals surface area contributed by atoms with Crippen molar-refractivity contribution >= 4 is 16.6 Å². The van der Waals surface area contributed by atoms with Crippen LogP contribution in [0, 0.1) is 0 Å². The van der Waals surface area contributed by atoms with Crippen molar-refractivity contribution in [3.63, 3.8) is 0 Å². The predicted octanol–water partition coefficient (Wildman–Crippen LogP) is 3.06. The number of carbonyl (C=O) groups excluding carboxylic acids is 1. The average Bonchev–Trinajstić information content (AvgIpc) is 2.91. The normalized spacial score (nSPS) is 10.6. The van der Waals surface area contributed by atoms with Crippen LogP contribution >= 0.6 is 0 Å². The van der Waals surface area contributed by atoms with Gasteiger partial charge in [-0.05, 0) is 17.5 Å². The van der Waals surface area contributed by atoms with Gasteiger partial charge in [0.25, 0.3) is 0 Å². The molecule has 0 spiro atoms. The first-order valence-electron chi connectivity index (χ1n) is 5.27. The Balaban J connectivity index is 2.21. The summed E-state index contributed by atoms with van der Waals surface area (Å²) < 4.78 is 5.12. The van der Waals surface area contributed by atoms with E-state index < -0.39 is 0 Å². The zero-order chi connectivity index (χ0) is 11.7. The van der Waals surface area contributed by atoms with Crippen molar-refractivity contribution < 1.29 is 9.21 Å². The molecular formula is C14H9NO2. The molecule has 0 radical (unpaired) electrons. The number of hydrogen-bond donors (Lipinski definition) is 0. The van der Waals surface area contributed by atoms with E-state index >= 15 is 0 Å². The lowest BCUT2D eigenvalue weighted by molar-refractivity contribution is 0.101. The van der Waals surface area contributed by atoms with Crippen molar-refractivity contribution in [1.29, 1.82) is 0 Å². The van der Waals surface area contributed by atoms with Gasteiger partial charge in [0.05, 0.1) is 11.8 Å². The molecular weight excluding hydrogens is 214 g/mol. The summed E-state index contributed by atoms with van der Waals surface area (Å²) in [6.07, 6.45) is 4.81. The predicted molar refractivity (Wildman–Crippen MR) is 63.9 cm³/mol. The molecule has 3 heteroatoms. The zero-order valence-corrected chi connectivity index (χ0v) is 8.96. The van der Waals surface area contributed by atoms with Crippen molar-refractivity contribution in [2.24, 2.45) is 0 Å². The summed E-state index contributed by atoms with van der Waals surface area (Å²) in [6.45, 7) is 0. The van der Waals surface area contributed by atoms with Gasteiger partial charge in [0.1, 0.15) is 0 Å². The van der Waals surface area contributed by atoms with Crippen LogP contribution in [-0.4, -0.2) is 10.8 Å². The number of carbonyl (C=O) groups is 1. The molecule has 82 valence electrons. The molecule has 0 fully saturated rings. The van der Waals surface area contributed by atoms with Crippen LogP contribution in [0.5, 0.6) is 0 Å². The van der Waals surface area contributed by atoms with E-state index in [2.05, 4.69) is 4.98 Å². The van der Waals surface area contributed by atoms with Crippen LogP contribution in [0.25, 0.3) is 10.8 Å². The molecule has 2 heterocycles. The summed E-state index contributed by atoms with van der Waals surface area (Å²) in [5.41, 5.74) is 0.568. The van der Waals surface area contributed by atoms with Crippen LogP contribution < -0.4 is 0 Å². The van der Waals surface area contributed by atoms with E-state index in [9.17, 15) is 4.79 Å². The monoisotopic (exact) mass is 223 g/mol. The average molecular weight is 223 g/mol. The molecule has 3 nitrogen and oxygen atoms in total. The number of aromatic nitrogens is 1. The molecule has 0 unspecified atom stereocenters. The third-order valence-corrected chi connectivity index (χ3v) is 2.66. The highest BCUT2D eigenvalue weighted by molar-refractivity contribution is 6.14. The Bertz CT molecular complexity index is 666. The largest absolute Gasteiger partial charge is 0.461 e. The fourth-order valence-electron chi connectivity index (χ4n) is 1.84. The van der Waals surface area contributed by atoms with E-state index in [1.54, 1.807) is 24.5 Å². The third-order valence-electron chi connectivity index (χ3n) is 2.66. The van der Waals surface area contributed by atoms with Crippen molar-refractivity contribution in [3.8, 4) is 0 Å². The summed E-state index contributed by atoms with van der Waals surface area (Å²) >= 11 is 0. The molecule has 17 heavy (non-hydrogen) atoms. The minimum atomic E-state index is -0.140. The van der Waals surface area contributed by atoms with Gasteiger partial charge in [-0.25, -0.2) is 0 Å². The minimum absolute atomic E-state index is 0.140. The second-order valence-electron chi connectivity index (χ2n) is 3.71. The fourth-order valence-corrected chi connectivity index (χ4v) is 1.84. The molecule has 0 bridgehead atoms. The zero-order valence-electron chi connectivity index (χ0n) is 8.96. The maximum Gasteiger partial charge on any atom is 0.230 e. The molecule has 0 saturated carbocycles. The fraction of sp³-hybridized carbons (Fsp3) is 0. The summed E-state index contributed by atoms with van der Waals surface area (Å²) in [5.74, 6) is 0.197. The first kappa shape index (κ1) is 9.78. The maximum atomic E-state index is 12.2. The second kappa shape index (κ2) is 3.87. The Morgan fingerprint density at radius 1 is 1.06 bits per heavy atom. The van der Waals surface area contributed by atoms with E-state index in [0.717, 1.165) is 10.8 Å². The lowest BCUT2D eigenvalue weighted by atomic mass is 10.0. The van der Waals surface area contributed by atoms with Gasteiger partial charge in [-0.1, -0.05) is 24.3 Å². The molecule has 2 aromatic heterocycles. The van der Waals surface area contributed by atoms with Crippen LogP contribution in [0.2, 0.25) is 0 Å². The van der Waals surface area contributed by atoms with E-state index in [4.69, 9.17) is 4.42 Å². The first-order valence-corrected chi connectivity index (χ1v) is 5.27. The standard InChI is InChI=1S/C14H9NO2/c16-14(13-6-3-7-17-13)12-9-15-8-10-4-1-2-5-11(10)12/h1-9H. The molecule has 0 saturated heterocycles. The molecule has 0 N–H and O–H groups in total. The van der Waals surface area contributed by atoms with Crippen molar-refractivity contribution in [3.05, 3.63) is 66.4 Å². The lowest BCUT2D eigenvalue weighted by Crippen LogP contribution is -2.01. The van der Waals surface area contributed by atoms with E-state index in [0.29, 0.717) is 11.3 Å². The van der Waals surface area contributed by atoms with Crippen molar-refractivity contribution in [2.45, 2.75) is 0 Å². The van der Waals surface area contributed by atoms with Gasteiger partial charge in [-0.2, -0.15) is 0 Å². The number of benzene rings is 1. The molecule has 1 aromatic carbocycles. The van der Waals surface area contributed by atoms with Crippen molar-refractivity contribution in [1.82, 2.24) is 4.98 Å².